The first-order chi connectivity index (χ1) is 12.6. The number of amides is 3. The van der Waals surface area contributed by atoms with Crippen molar-refractivity contribution in [2.45, 2.75) is 25.7 Å². The van der Waals surface area contributed by atoms with Gasteiger partial charge in [-0.15, -0.1) is 0 Å². The van der Waals surface area contributed by atoms with E-state index in [1.807, 2.05) is 24.3 Å². The van der Waals surface area contributed by atoms with Crippen molar-refractivity contribution in [3.8, 4) is 0 Å². The molecule has 2 aromatic carbocycles. The lowest BCUT2D eigenvalue weighted by atomic mass is 10.0. The Morgan fingerprint density at radius 1 is 0.885 bits per heavy atom. The van der Waals surface area contributed by atoms with E-state index in [4.69, 9.17) is 0 Å². The van der Waals surface area contributed by atoms with Crippen LogP contribution in [0.5, 0.6) is 0 Å². The van der Waals surface area contributed by atoms with E-state index in [0.29, 0.717) is 12.2 Å². The van der Waals surface area contributed by atoms with Crippen LogP contribution in [0, 0.1) is 5.92 Å². The summed E-state index contributed by atoms with van der Waals surface area (Å²) in [6.45, 7) is 0.559. The Bertz CT molecular complexity index is 892. The van der Waals surface area contributed by atoms with Gasteiger partial charge in [-0.2, -0.15) is 0 Å². The molecule has 0 unspecified atom stereocenters. The first-order valence-electron chi connectivity index (χ1n) is 9.04. The maximum Gasteiger partial charge on any atom is 0.313 e. The van der Waals surface area contributed by atoms with E-state index >= 15 is 0 Å². The quantitative estimate of drug-likeness (QED) is 0.564. The van der Waals surface area contributed by atoms with Gasteiger partial charge in [-0.1, -0.05) is 24.3 Å². The van der Waals surface area contributed by atoms with E-state index in [0.717, 1.165) is 31.1 Å². The Labute approximate surface area is 151 Å². The van der Waals surface area contributed by atoms with Crippen molar-refractivity contribution in [3.63, 3.8) is 0 Å². The summed E-state index contributed by atoms with van der Waals surface area (Å²) < 4.78 is 0. The molecule has 0 spiro atoms. The lowest BCUT2D eigenvalue weighted by molar-refractivity contribution is -0.136. The van der Waals surface area contributed by atoms with Crippen molar-refractivity contribution in [2.75, 3.05) is 18.4 Å². The van der Waals surface area contributed by atoms with Gasteiger partial charge in [-0.25, -0.2) is 0 Å². The monoisotopic (exact) mass is 351 g/mol. The Morgan fingerprint density at radius 2 is 1.62 bits per heavy atom. The summed E-state index contributed by atoms with van der Waals surface area (Å²) in [6.07, 6.45) is 3.90. The fourth-order valence-electron chi connectivity index (χ4n) is 3.47. The van der Waals surface area contributed by atoms with E-state index in [1.54, 1.807) is 0 Å². The van der Waals surface area contributed by atoms with Crippen LogP contribution in [0.3, 0.4) is 0 Å². The predicted octanol–water partition coefficient (Wildman–Crippen LogP) is 1.52. The second-order valence-corrected chi connectivity index (χ2v) is 6.89. The summed E-state index contributed by atoms with van der Waals surface area (Å²) in [5, 5.41) is 10.1. The highest BCUT2D eigenvalue weighted by molar-refractivity contribution is 6.40. The first-order valence-corrected chi connectivity index (χ1v) is 9.04. The second kappa shape index (κ2) is 6.78. The number of hydrogen-bond donors (Lipinski definition) is 3. The number of nitrogens with one attached hydrogen (secondary N) is 3. The maximum atomic E-state index is 12.2. The number of carbonyl (C=O) groups is 3. The van der Waals surface area contributed by atoms with Crippen LogP contribution in [0.15, 0.2) is 30.3 Å². The van der Waals surface area contributed by atoms with Gasteiger partial charge in [0.25, 0.3) is 0 Å². The number of benzene rings is 2. The summed E-state index contributed by atoms with van der Waals surface area (Å²) >= 11 is 0. The average Bonchev–Trinajstić information content (AvgIpc) is 3.42. The normalized spacial score (nSPS) is 14.9. The second-order valence-electron chi connectivity index (χ2n) is 6.89. The molecule has 2 aliphatic carbocycles. The van der Waals surface area contributed by atoms with Crippen LogP contribution in [0.2, 0.25) is 0 Å². The fraction of sp³-hybridized carbons (Fsp3) is 0.350. The molecule has 1 fully saturated rings. The summed E-state index contributed by atoms with van der Waals surface area (Å²) in [7, 11) is 0. The molecule has 0 atom stereocenters. The molecule has 1 saturated carbocycles. The van der Waals surface area contributed by atoms with Gasteiger partial charge >= 0.3 is 11.8 Å². The van der Waals surface area contributed by atoms with Crippen molar-refractivity contribution in [3.05, 3.63) is 41.5 Å². The van der Waals surface area contributed by atoms with E-state index < -0.39 is 11.8 Å². The average molecular weight is 351 g/mol. The molecule has 0 heterocycles. The van der Waals surface area contributed by atoms with Crippen molar-refractivity contribution >= 4 is 34.2 Å². The van der Waals surface area contributed by atoms with Gasteiger partial charge in [0.05, 0.1) is 0 Å². The largest absolute Gasteiger partial charge is 0.354 e. The van der Waals surface area contributed by atoms with Crippen LogP contribution in [0.1, 0.15) is 24.0 Å². The summed E-state index contributed by atoms with van der Waals surface area (Å²) in [5.74, 6) is -1.24. The highest BCUT2D eigenvalue weighted by Crippen LogP contribution is 2.34. The van der Waals surface area contributed by atoms with Crippen molar-refractivity contribution in [1.82, 2.24) is 10.6 Å². The van der Waals surface area contributed by atoms with Gasteiger partial charge in [-0.05, 0) is 48.3 Å². The van der Waals surface area contributed by atoms with Gasteiger partial charge in [0.2, 0.25) is 5.91 Å². The topological polar surface area (TPSA) is 87.3 Å². The zero-order chi connectivity index (χ0) is 18.1. The molecule has 26 heavy (non-hydrogen) atoms. The molecule has 0 saturated heterocycles. The first kappa shape index (κ1) is 16.6. The summed E-state index contributed by atoms with van der Waals surface area (Å²) in [6, 6.07) is 9.92. The van der Waals surface area contributed by atoms with Crippen LogP contribution in [0.4, 0.5) is 5.69 Å². The molecule has 6 nitrogen and oxygen atoms in total. The lowest BCUT2D eigenvalue weighted by Gasteiger charge is -2.11. The molecular weight excluding hydrogens is 330 g/mol. The van der Waals surface area contributed by atoms with Crippen molar-refractivity contribution in [2.24, 2.45) is 5.92 Å². The maximum absolute atomic E-state index is 12.2. The standard InChI is InChI=1S/C20H21N3O3/c24-18(14-6-7-14)21-10-11-22-19(25)20(26)23-16-9-8-13-5-4-12-2-1-3-15(16)17(12)13/h1-3,8-9,14H,4-7,10-11H2,(H,21,24)(H,22,25)(H,23,26). The smallest absolute Gasteiger partial charge is 0.313 e. The van der Waals surface area contributed by atoms with Crippen molar-refractivity contribution < 1.29 is 14.4 Å². The highest BCUT2D eigenvalue weighted by atomic mass is 16.2. The number of aryl methyl sites for hydroxylation is 2. The third kappa shape index (κ3) is 3.27. The summed E-state index contributed by atoms with van der Waals surface area (Å²) in [5.41, 5.74) is 3.21. The summed E-state index contributed by atoms with van der Waals surface area (Å²) in [4.78, 5) is 35.7. The van der Waals surface area contributed by atoms with E-state index in [9.17, 15) is 14.4 Å². The van der Waals surface area contributed by atoms with Crippen LogP contribution < -0.4 is 16.0 Å². The number of carbonyl (C=O) groups excluding carboxylic acids is 3. The van der Waals surface area contributed by atoms with E-state index in [-0.39, 0.29) is 18.4 Å². The minimum Gasteiger partial charge on any atom is -0.354 e. The van der Waals surface area contributed by atoms with Gasteiger partial charge in [0.1, 0.15) is 0 Å². The van der Waals surface area contributed by atoms with Crippen LogP contribution in [0.25, 0.3) is 10.8 Å². The van der Waals surface area contributed by atoms with E-state index in [2.05, 4.69) is 22.0 Å². The zero-order valence-electron chi connectivity index (χ0n) is 14.4. The van der Waals surface area contributed by atoms with Gasteiger partial charge in [0, 0.05) is 30.1 Å². The van der Waals surface area contributed by atoms with Gasteiger partial charge in [0.15, 0.2) is 0 Å². The molecule has 2 aliphatic rings. The molecule has 6 heteroatoms. The third-order valence-electron chi connectivity index (χ3n) is 4.99. The van der Waals surface area contributed by atoms with Crippen LogP contribution in [-0.4, -0.2) is 30.8 Å². The Kier molecular flexibility index (Phi) is 4.32. The number of rotatable bonds is 5. The Morgan fingerprint density at radius 3 is 2.38 bits per heavy atom. The number of anilines is 1. The minimum atomic E-state index is -0.700. The Balaban J connectivity index is 1.35. The van der Waals surface area contributed by atoms with Gasteiger partial charge in [-0.3, -0.25) is 14.4 Å². The fourth-order valence-corrected chi connectivity index (χ4v) is 3.47. The lowest BCUT2D eigenvalue weighted by Crippen LogP contribution is -2.40. The Hall–Kier alpha value is -2.89. The molecule has 3 amide bonds. The number of hydrogen-bond acceptors (Lipinski definition) is 3. The molecule has 0 aliphatic heterocycles. The molecule has 0 radical (unpaired) electrons. The molecule has 0 bridgehead atoms. The molecule has 4 rings (SSSR count). The van der Waals surface area contributed by atoms with Gasteiger partial charge < -0.3 is 16.0 Å². The van der Waals surface area contributed by atoms with Crippen LogP contribution in [-0.2, 0) is 27.2 Å². The SMILES string of the molecule is O=C(NCCNC(=O)C1CC1)C(=O)Nc1ccc2c3c(cccc13)CC2. The third-order valence-corrected chi connectivity index (χ3v) is 4.99. The molecule has 134 valence electrons. The molecule has 2 aromatic rings. The predicted molar refractivity (Wildman–Crippen MR) is 98.7 cm³/mol. The molecule has 0 aromatic heterocycles. The molecular formula is C20H21N3O3. The van der Waals surface area contributed by atoms with Crippen molar-refractivity contribution in [1.29, 1.82) is 0 Å². The molecule has 3 N–H and O–H groups in total. The minimum absolute atomic E-state index is 0.0246. The highest BCUT2D eigenvalue weighted by Gasteiger charge is 2.29. The van der Waals surface area contributed by atoms with E-state index in [1.165, 1.54) is 16.5 Å². The van der Waals surface area contributed by atoms with Crippen LogP contribution >= 0.6 is 0 Å². The zero-order valence-corrected chi connectivity index (χ0v) is 14.4.